The standard InChI is InChI=1S/C20H14BrF3N2OS/c1-11-4-5-13(12(2)8-11)10-26-15(16-6-7-17(21)28-16)9-14(20(22,23)24)18(25-3)19(26)27/h4-9H,10H2,1-2H3. The molecule has 0 aliphatic rings. The van der Waals surface area contributed by atoms with Crippen LogP contribution in [0.2, 0.25) is 0 Å². The third kappa shape index (κ3) is 3.91. The minimum atomic E-state index is -4.79. The van der Waals surface area contributed by atoms with Crippen LogP contribution in [0.15, 0.2) is 45.0 Å². The highest BCUT2D eigenvalue weighted by molar-refractivity contribution is 9.11. The maximum absolute atomic E-state index is 13.5. The fourth-order valence-corrected chi connectivity index (χ4v) is 4.38. The van der Waals surface area contributed by atoms with E-state index in [1.54, 1.807) is 12.1 Å². The Balaban J connectivity index is 2.31. The second-order valence-corrected chi connectivity index (χ2v) is 8.79. The van der Waals surface area contributed by atoms with Crippen molar-refractivity contribution in [3.63, 3.8) is 0 Å². The Morgan fingerprint density at radius 2 is 1.89 bits per heavy atom. The Morgan fingerprint density at radius 3 is 2.43 bits per heavy atom. The summed E-state index contributed by atoms with van der Waals surface area (Å²) < 4.78 is 42.4. The minimum Gasteiger partial charge on any atom is -0.312 e. The fraction of sp³-hybridized carbons (Fsp3) is 0.200. The molecular formula is C20H14BrF3N2OS. The number of alkyl halides is 3. The molecule has 28 heavy (non-hydrogen) atoms. The van der Waals surface area contributed by atoms with E-state index >= 15 is 0 Å². The maximum atomic E-state index is 13.5. The molecule has 0 unspecified atom stereocenters. The van der Waals surface area contributed by atoms with Gasteiger partial charge >= 0.3 is 6.18 Å². The van der Waals surface area contributed by atoms with Crippen LogP contribution in [0, 0.1) is 20.4 Å². The number of hydrogen-bond donors (Lipinski definition) is 0. The van der Waals surface area contributed by atoms with Gasteiger partial charge in [-0.05, 0) is 59.1 Å². The zero-order valence-electron chi connectivity index (χ0n) is 14.9. The zero-order valence-corrected chi connectivity index (χ0v) is 17.3. The molecule has 0 bridgehead atoms. The van der Waals surface area contributed by atoms with Gasteiger partial charge in [0.05, 0.1) is 33.0 Å². The van der Waals surface area contributed by atoms with Crippen molar-refractivity contribution in [2.45, 2.75) is 26.6 Å². The molecule has 0 amide bonds. The Bertz CT molecular complexity index is 1160. The highest BCUT2D eigenvalue weighted by Crippen LogP contribution is 2.39. The Hall–Kier alpha value is -2.37. The van der Waals surface area contributed by atoms with E-state index in [1.165, 1.54) is 15.9 Å². The van der Waals surface area contributed by atoms with Gasteiger partial charge in [-0.3, -0.25) is 4.79 Å². The second kappa shape index (κ2) is 7.57. The fourth-order valence-electron chi connectivity index (χ4n) is 2.97. The molecule has 0 N–H and O–H groups in total. The Morgan fingerprint density at radius 1 is 1.18 bits per heavy atom. The number of benzene rings is 1. The van der Waals surface area contributed by atoms with Gasteiger partial charge in [-0.2, -0.15) is 13.2 Å². The lowest BCUT2D eigenvalue weighted by Crippen LogP contribution is -2.25. The van der Waals surface area contributed by atoms with Gasteiger partial charge < -0.3 is 4.57 Å². The lowest BCUT2D eigenvalue weighted by molar-refractivity contribution is -0.136. The first-order valence-corrected chi connectivity index (χ1v) is 9.77. The molecule has 0 radical (unpaired) electrons. The van der Waals surface area contributed by atoms with Crippen LogP contribution in [0.3, 0.4) is 0 Å². The van der Waals surface area contributed by atoms with Crippen molar-refractivity contribution in [1.82, 2.24) is 4.57 Å². The number of thiophene rings is 1. The van der Waals surface area contributed by atoms with E-state index in [0.29, 0.717) is 4.88 Å². The third-order valence-corrected chi connectivity index (χ3v) is 5.99. The summed E-state index contributed by atoms with van der Waals surface area (Å²) in [5.74, 6) is 0. The molecule has 0 spiro atoms. The number of hydrogen-bond acceptors (Lipinski definition) is 2. The van der Waals surface area contributed by atoms with Crippen molar-refractivity contribution in [2.75, 3.05) is 0 Å². The molecule has 0 saturated heterocycles. The van der Waals surface area contributed by atoms with E-state index in [1.807, 2.05) is 32.0 Å². The largest absolute Gasteiger partial charge is 0.407 e. The predicted octanol–water partition coefficient (Wildman–Crippen LogP) is 6.57. The summed E-state index contributed by atoms with van der Waals surface area (Å²) in [6.45, 7) is 11.0. The molecule has 2 heterocycles. The van der Waals surface area contributed by atoms with E-state index < -0.39 is 23.0 Å². The quantitative estimate of drug-likeness (QED) is 0.400. The summed E-state index contributed by atoms with van der Waals surface area (Å²) in [7, 11) is 0. The average molecular weight is 467 g/mol. The van der Waals surface area contributed by atoms with Crippen molar-refractivity contribution >= 4 is 33.0 Å². The number of aryl methyl sites for hydroxylation is 2. The highest BCUT2D eigenvalue weighted by Gasteiger charge is 2.36. The average Bonchev–Trinajstić information content (AvgIpc) is 3.03. The molecule has 0 aliphatic heterocycles. The van der Waals surface area contributed by atoms with E-state index in [2.05, 4.69) is 20.8 Å². The molecule has 0 aliphatic carbocycles. The molecule has 3 aromatic rings. The summed E-state index contributed by atoms with van der Waals surface area (Å²) in [4.78, 5) is 16.3. The van der Waals surface area contributed by atoms with Gasteiger partial charge in [0.15, 0.2) is 0 Å². The number of nitrogens with zero attached hydrogens (tertiary/aromatic N) is 2. The SMILES string of the molecule is [C-]#[N+]c1c(C(F)(F)F)cc(-c2ccc(Br)s2)n(Cc2ccc(C)cc2C)c1=O. The monoisotopic (exact) mass is 466 g/mol. The molecule has 8 heteroatoms. The summed E-state index contributed by atoms with van der Waals surface area (Å²) in [6.07, 6.45) is -4.79. The van der Waals surface area contributed by atoms with E-state index in [9.17, 15) is 18.0 Å². The van der Waals surface area contributed by atoms with Crippen LogP contribution in [-0.2, 0) is 12.7 Å². The van der Waals surface area contributed by atoms with Gasteiger partial charge in [0.2, 0.25) is 0 Å². The van der Waals surface area contributed by atoms with Crippen molar-refractivity contribution < 1.29 is 13.2 Å². The van der Waals surface area contributed by atoms with Gasteiger partial charge in [-0.15, -0.1) is 11.3 Å². The number of rotatable bonds is 3. The molecule has 0 atom stereocenters. The second-order valence-electron chi connectivity index (χ2n) is 6.33. The van der Waals surface area contributed by atoms with Crippen LogP contribution in [0.25, 0.3) is 15.4 Å². The summed E-state index contributed by atoms with van der Waals surface area (Å²) in [5, 5.41) is 0. The van der Waals surface area contributed by atoms with Crippen molar-refractivity contribution in [2.24, 2.45) is 0 Å². The lowest BCUT2D eigenvalue weighted by Gasteiger charge is -2.18. The van der Waals surface area contributed by atoms with Crippen LogP contribution >= 0.6 is 27.3 Å². The first-order valence-electron chi connectivity index (χ1n) is 8.16. The molecule has 2 aromatic heterocycles. The van der Waals surface area contributed by atoms with Crippen LogP contribution < -0.4 is 5.56 Å². The van der Waals surface area contributed by atoms with E-state index in [4.69, 9.17) is 6.57 Å². The highest BCUT2D eigenvalue weighted by atomic mass is 79.9. The van der Waals surface area contributed by atoms with Gasteiger partial charge in [0, 0.05) is 0 Å². The zero-order chi connectivity index (χ0) is 20.6. The van der Waals surface area contributed by atoms with E-state index in [0.717, 1.165) is 26.5 Å². The minimum absolute atomic E-state index is 0.0798. The molecule has 144 valence electrons. The van der Waals surface area contributed by atoms with Crippen LogP contribution in [0.4, 0.5) is 18.9 Å². The Kier molecular flexibility index (Phi) is 5.50. The van der Waals surface area contributed by atoms with Gasteiger partial charge in [-0.1, -0.05) is 23.8 Å². The third-order valence-electron chi connectivity index (χ3n) is 4.34. The van der Waals surface area contributed by atoms with Crippen LogP contribution in [0.5, 0.6) is 0 Å². The topological polar surface area (TPSA) is 26.4 Å². The number of halogens is 4. The van der Waals surface area contributed by atoms with Crippen molar-refractivity contribution in [1.29, 1.82) is 0 Å². The first kappa shape index (κ1) is 20.4. The van der Waals surface area contributed by atoms with Gasteiger partial charge in [0.25, 0.3) is 11.2 Å². The Labute approximate surface area is 172 Å². The number of pyridine rings is 1. The van der Waals surface area contributed by atoms with Crippen LogP contribution in [0.1, 0.15) is 22.3 Å². The lowest BCUT2D eigenvalue weighted by atomic mass is 10.0. The van der Waals surface area contributed by atoms with Gasteiger partial charge in [-0.25, -0.2) is 4.85 Å². The van der Waals surface area contributed by atoms with Crippen molar-refractivity contribution in [3.05, 3.63) is 84.2 Å². The van der Waals surface area contributed by atoms with Crippen LogP contribution in [-0.4, -0.2) is 4.57 Å². The summed E-state index contributed by atoms with van der Waals surface area (Å²) in [5.41, 5.74) is -0.134. The first-order chi connectivity index (χ1) is 13.1. The molecule has 0 fully saturated rings. The maximum Gasteiger partial charge on any atom is 0.407 e. The summed E-state index contributed by atoms with van der Waals surface area (Å²) >= 11 is 4.53. The smallest absolute Gasteiger partial charge is 0.312 e. The van der Waals surface area contributed by atoms with Gasteiger partial charge in [0.1, 0.15) is 0 Å². The molecule has 0 saturated carbocycles. The van der Waals surface area contributed by atoms with Crippen molar-refractivity contribution in [3.8, 4) is 10.6 Å². The van der Waals surface area contributed by atoms with E-state index in [-0.39, 0.29) is 12.2 Å². The molecule has 1 aromatic carbocycles. The number of aromatic nitrogens is 1. The normalized spacial score (nSPS) is 11.5. The predicted molar refractivity (Wildman–Crippen MR) is 108 cm³/mol. The summed E-state index contributed by atoms with van der Waals surface area (Å²) in [6, 6.07) is 9.94. The molecule has 3 rings (SSSR count). The molecular weight excluding hydrogens is 453 g/mol. The molecule has 3 nitrogen and oxygen atoms in total.